The smallest absolute Gasteiger partial charge is 0.165 e. The van der Waals surface area contributed by atoms with E-state index in [-0.39, 0.29) is 5.82 Å². The first-order valence-corrected chi connectivity index (χ1v) is 6.52. The molecule has 1 N–H and O–H groups in total. The van der Waals surface area contributed by atoms with Crippen LogP contribution in [0.1, 0.15) is 18.9 Å². The molecule has 1 aliphatic rings. The molecule has 1 atom stereocenters. The predicted octanol–water partition coefficient (Wildman–Crippen LogP) is 2.15. The molecule has 0 spiro atoms. The topological polar surface area (TPSA) is 30.5 Å². The number of aryl methyl sites for hydroxylation is 1. The normalized spacial score (nSPS) is 19.8. The molecule has 0 radical (unpaired) electrons. The lowest BCUT2D eigenvalue weighted by molar-refractivity contribution is 0.0743. The van der Waals surface area contributed by atoms with Gasteiger partial charge in [-0.1, -0.05) is 6.07 Å². The molecule has 1 saturated heterocycles. The van der Waals surface area contributed by atoms with Gasteiger partial charge in [-0.25, -0.2) is 4.39 Å². The highest BCUT2D eigenvalue weighted by Gasteiger charge is 2.13. The lowest BCUT2D eigenvalue weighted by Crippen LogP contribution is -2.41. The number of morpholine rings is 1. The monoisotopic (exact) mass is 253 g/mol. The van der Waals surface area contributed by atoms with Gasteiger partial charge in [-0.3, -0.25) is 0 Å². The van der Waals surface area contributed by atoms with Crippen molar-refractivity contribution in [1.29, 1.82) is 0 Å². The number of benzene rings is 1. The van der Waals surface area contributed by atoms with Crippen LogP contribution in [-0.4, -0.2) is 32.4 Å². The van der Waals surface area contributed by atoms with Gasteiger partial charge in [-0.05, 0) is 37.5 Å². The van der Waals surface area contributed by atoms with Crippen LogP contribution < -0.4 is 10.1 Å². The van der Waals surface area contributed by atoms with Gasteiger partial charge in [0.15, 0.2) is 11.6 Å². The Morgan fingerprint density at radius 1 is 1.50 bits per heavy atom. The number of hydrogen-bond donors (Lipinski definition) is 1. The first kappa shape index (κ1) is 13.3. The maximum absolute atomic E-state index is 13.6. The first-order chi connectivity index (χ1) is 8.79. The average molecular weight is 253 g/mol. The largest absolute Gasteiger partial charge is 0.491 e. The predicted molar refractivity (Wildman–Crippen MR) is 68.5 cm³/mol. The minimum atomic E-state index is -0.276. The second kappa shape index (κ2) is 6.71. The van der Waals surface area contributed by atoms with Crippen molar-refractivity contribution in [2.45, 2.75) is 25.8 Å². The maximum Gasteiger partial charge on any atom is 0.165 e. The highest BCUT2D eigenvalue weighted by atomic mass is 19.1. The van der Waals surface area contributed by atoms with E-state index in [4.69, 9.17) is 9.47 Å². The Morgan fingerprint density at radius 2 is 2.39 bits per heavy atom. The highest BCUT2D eigenvalue weighted by Crippen LogP contribution is 2.19. The van der Waals surface area contributed by atoms with Gasteiger partial charge in [0.2, 0.25) is 0 Å². The van der Waals surface area contributed by atoms with Crippen molar-refractivity contribution in [3.8, 4) is 5.75 Å². The Bertz CT molecular complexity index is 378. The third-order valence-electron chi connectivity index (χ3n) is 3.08. The Hall–Kier alpha value is -1.13. The standard InChI is InChI=1S/C14H20FNO2/c1-2-18-14-6-4-11(9-13(14)15)3-5-12-10-17-8-7-16-12/h4,6,9,12,16H,2-3,5,7-8,10H2,1H3. The van der Waals surface area contributed by atoms with Gasteiger partial charge in [0.05, 0.1) is 19.8 Å². The fourth-order valence-corrected chi connectivity index (χ4v) is 2.12. The average Bonchev–Trinajstić information content (AvgIpc) is 2.41. The van der Waals surface area contributed by atoms with Crippen LogP contribution in [0.5, 0.6) is 5.75 Å². The van der Waals surface area contributed by atoms with Gasteiger partial charge >= 0.3 is 0 Å². The third-order valence-corrected chi connectivity index (χ3v) is 3.08. The van der Waals surface area contributed by atoms with E-state index in [0.717, 1.165) is 38.2 Å². The van der Waals surface area contributed by atoms with Gasteiger partial charge in [-0.2, -0.15) is 0 Å². The number of ether oxygens (including phenoxy) is 2. The molecule has 1 fully saturated rings. The molecule has 0 aromatic heterocycles. The summed E-state index contributed by atoms with van der Waals surface area (Å²) in [6, 6.07) is 5.58. The van der Waals surface area contributed by atoms with Crippen molar-refractivity contribution < 1.29 is 13.9 Å². The quantitative estimate of drug-likeness (QED) is 0.872. The Labute approximate surface area is 107 Å². The van der Waals surface area contributed by atoms with Gasteiger partial charge in [0.25, 0.3) is 0 Å². The zero-order valence-electron chi connectivity index (χ0n) is 10.7. The molecule has 0 aliphatic carbocycles. The molecule has 3 nitrogen and oxygen atoms in total. The van der Waals surface area contributed by atoms with E-state index in [2.05, 4.69) is 5.32 Å². The van der Waals surface area contributed by atoms with Crippen molar-refractivity contribution in [3.63, 3.8) is 0 Å². The van der Waals surface area contributed by atoms with Crippen LogP contribution in [-0.2, 0) is 11.2 Å². The molecule has 100 valence electrons. The van der Waals surface area contributed by atoms with E-state index in [1.165, 1.54) is 0 Å². The van der Waals surface area contributed by atoms with Crippen LogP contribution in [0.4, 0.5) is 4.39 Å². The van der Waals surface area contributed by atoms with E-state index in [0.29, 0.717) is 18.4 Å². The first-order valence-electron chi connectivity index (χ1n) is 6.52. The second-order valence-electron chi connectivity index (χ2n) is 4.46. The van der Waals surface area contributed by atoms with Crippen LogP contribution >= 0.6 is 0 Å². The van der Waals surface area contributed by atoms with Crippen LogP contribution in [0.3, 0.4) is 0 Å². The summed E-state index contributed by atoms with van der Waals surface area (Å²) in [4.78, 5) is 0. The van der Waals surface area contributed by atoms with E-state index in [1.54, 1.807) is 12.1 Å². The van der Waals surface area contributed by atoms with Crippen LogP contribution in [0.2, 0.25) is 0 Å². The molecule has 0 bridgehead atoms. The molecule has 1 unspecified atom stereocenters. The lowest BCUT2D eigenvalue weighted by atomic mass is 10.0. The molecule has 0 amide bonds. The summed E-state index contributed by atoms with van der Waals surface area (Å²) in [5.41, 5.74) is 1.00. The van der Waals surface area contributed by atoms with E-state index in [1.807, 2.05) is 13.0 Å². The Morgan fingerprint density at radius 3 is 3.06 bits per heavy atom. The van der Waals surface area contributed by atoms with E-state index in [9.17, 15) is 4.39 Å². The number of halogens is 1. The number of nitrogens with one attached hydrogen (secondary N) is 1. The second-order valence-corrected chi connectivity index (χ2v) is 4.46. The summed E-state index contributed by atoms with van der Waals surface area (Å²) in [7, 11) is 0. The fourth-order valence-electron chi connectivity index (χ4n) is 2.12. The molecular weight excluding hydrogens is 233 g/mol. The summed E-state index contributed by atoms with van der Waals surface area (Å²) >= 11 is 0. The molecule has 1 heterocycles. The van der Waals surface area contributed by atoms with Gasteiger partial charge in [0.1, 0.15) is 0 Å². The Kier molecular flexibility index (Phi) is 4.96. The van der Waals surface area contributed by atoms with Crippen LogP contribution in [0, 0.1) is 5.82 Å². The minimum absolute atomic E-state index is 0.276. The molecule has 0 saturated carbocycles. The van der Waals surface area contributed by atoms with Crippen LogP contribution in [0.25, 0.3) is 0 Å². The van der Waals surface area contributed by atoms with Crippen molar-refractivity contribution in [1.82, 2.24) is 5.32 Å². The van der Waals surface area contributed by atoms with Crippen molar-refractivity contribution in [3.05, 3.63) is 29.6 Å². The molecular formula is C14H20FNO2. The van der Waals surface area contributed by atoms with Gasteiger partial charge < -0.3 is 14.8 Å². The maximum atomic E-state index is 13.6. The van der Waals surface area contributed by atoms with E-state index < -0.39 is 0 Å². The van der Waals surface area contributed by atoms with Crippen molar-refractivity contribution in [2.75, 3.05) is 26.4 Å². The van der Waals surface area contributed by atoms with Gasteiger partial charge in [-0.15, -0.1) is 0 Å². The third kappa shape index (κ3) is 3.68. The summed E-state index contributed by atoms with van der Waals surface area (Å²) in [5.74, 6) is 0.0579. The molecule has 1 aromatic rings. The summed E-state index contributed by atoms with van der Waals surface area (Å²) in [6.07, 6.45) is 1.82. The SMILES string of the molecule is CCOc1ccc(CCC2COCCN2)cc1F. The van der Waals surface area contributed by atoms with Crippen LogP contribution in [0.15, 0.2) is 18.2 Å². The molecule has 2 rings (SSSR count). The lowest BCUT2D eigenvalue weighted by Gasteiger charge is -2.23. The van der Waals surface area contributed by atoms with Gasteiger partial charge in [0, 0.05) is 12.6 Å². The minimum Gasteiger partial charge on any atom is -0.491 e. The summed E-state index contributed by atoms with van der Waals surface area (Å²) in [5, 5.41) is 3.39. The molecule has 4 heteroatoms. The summed E-state index contributed by atoms with van der Waals surface area (Å²) < 4.78 is 24.2. The van der Waals surface area contributed by atoms with E-state index >= 15 is 0 Å². The molecule has 1 aromatic carbocycles. The summed E-state index contributed by atoms with van der Waals surface area (Å²) in [6.45, 7) is 4.78. The Balaban J connectivity index is 1.87. The number of rotatable bonds is 5. The highest BCUT2D eigenvalue weighted by molar-refractivity contribution is 5.29. The fraction of sp³-hybridized carbons (Fsp3) is 0.571. The number of hydrogen-bond acceptors (Lipinski definition) is 3. The van der Waals surface area contributed by atoms with Crippen molar-refractivity contribution >= 4 is 0 Å². The zero-order valence-corrected chi connectivity index (χ0v) is 10.7. The zero-order chi connectivity index (χ0) is 12.8. The molecule has 1 aliphatic heterocycles. The van der Waals surface area contributed by atoms with Crippen molar-refractivity contribution in [2.24, 2.45) is 0 Å². The molecule has 18 heavy (non-hydrogen) atoms.